The predicted octanol–water partition coefficient (Wildman–Crippen LogP) is 3.52. The van der Waals surface area contributed by atoms with E-state index in [9.17, 15) is 13.2 Å². The molecule has 124 valence electrons. The summed E-state index contributed by atoms with van der Waals surface area (Å²) in [6, 6.07) is 7.48. The highest BCUT2D eigenvalue weighted by atomic mass is 79.9. The molecule has 3 rings (SSSR count). The van der Waals surface area contributed by atoms with Gasteiger partial charge in [-0.1, -0.05) is 23.7 Å². The van der Waals surface area contributed by atoms with Crippen molar-refractivity contribution in [2.24, 2.45) is 0 Å². The number of rotatable bonds is 2. The van der Waals surface area contributed by atoms with E-state index in [0.717, 1.165) is 21.2 Å². The first-order chi connectivity index (χ1) is 11.1. The molecule has 1 aliphatic heterocycles. The van der Waals surface area contributed by atoms with E-state index in [2.05, 4.69) is 20.7 Å². The van der Waals surface area contributed by atoms with Crippen LogP contribution in [0, 0.1) is 0 Å². The minimum Gasteiger partial charge on any atom is -0.504 e. The Morgan fingerprint density at radius 3 is 2.42 bits per heavy atom. The third-order valence-corrected chi connectivity index (χ3v) is 4.93. The summed E-state index contributed by atoms with van der Waals surface area (Å²) < 4.78 is 47.4. The molecule has 0 unspecified atom stereocenters. The van der Waals surface area contributed by atoms with E-state index in [4.69, 9.17) is 16.3 Å². The lowest BCUT2D eigenvalue weighted by Crippen LogP contribution is -2.35. The Labute approximate surface area is 152 Å². The number of halogens is 5. The van der Waals surface area contributed by atoms with E-state index in [-0.39, 0.29) is 11.1 Å². The van der Waals surface area contributed by atoms with Crippen molar-refractivity contribution in [1.82, 2.24) is 0 Å². The molecule has 2 aromatic rings. The second kappa shape index (κ2) is 5.92. The van der Waals surface area contributed by atoms with E-state index in [1.165, 1.54) is 12.1 Å². The second-order valence-electron chi connectivity index (χ2n) is 6.14. The van der Waals surface area contributed by atoms with Gasteiger partial charge in [0, 0.05) is 27.4 Å². The highest BCUT2D eigenvalue weighted by molar-refractivity contribution is 9.10. The van der Waals surface area contributed by atoms with Gasteiger partial charge in [0.25, 0.3) is 0 Å². The van der Waals surface area contributed by atoms with Crippen molar-refractivity contribution < 1.29 is 22.6 Å². The number of alkyl halides is 3. The average Bonchev–Trinajstić information content (AvgIpc) is 2.78. The number of hydrogen-bond donors (Lipinski definition) is 0. The molecular formula is C15H11B2BrClF3O2. The summed E-state index contributed by atoms with van der Waals surface area (Å²) in [5.74, 6) is 0.398. The van der Waals surface area contributed by atoms with Gasteiger partial charge < -0.3 is 9.47 Å². The maximum absolute atomic E-state index is 12.3. The van der Waals surface area contributed by atoms with Crippen molar-refractivity contribution in [3.63, 3.8) is 0 Å². The fraction of sp³-hybridized carbons (Fsp3) is 0.200. The largest absolute Gasteiger partial charge is 0.573 e. The normalized spacial score (nSPS) is 15.7. The van der Waals surface area contributed by atoms with E-state index in [1.54, 1.807) is 12.1 Å². The van der Waals surface area contributed by atoms with Gasteiger partial charge in [0.2, 0.25) is 0 Å². The van der Waals surface area contributed by atoms with Crippen LogP contribution >= 0.6 is 27.5 Å². The number of benzene rings is 2. The molecule has 2 nitrogen and oxygen atoms in total. The molecule has 0 radical (unpaired) electrons. The van der Waals surface area contributed by atoms with E-state index in [1.807, 2.05) is 21.8 Å². The zero-order valence-corrected chi connectivity index (χ0v) is 15.1. The first-order valence-electron chi connectivity index (χ1n) is 7.12. The van der Waals surface area contributed by atoms with Crippen molar-refractivity contribution in [2.75, 3.05) is 0 Å². The van der Waals surface area contributed by atoms with Gasteiger partial charge >= 0.3 is 6.36 Å². The first-order valence-corrected chi connectivity index (χ1v) is 8.29. The lowest BCUT2D eigenvalue weighted by atomic mass is 9.63. The Bertz CT molecular complexity index is 795. The van der Waals surface area contributed by atoms with Crippen LogP contribution in [0.1, 0.15) is 5.56 Å². The molecule has 1 aliphatic rings. The molecule has 2 aromatic carbocycles. The van der Waals surface area contributed by atoms with Gasteiger partial charge in [-0.3, -0.25) is 0 Å². The molecular weight excluding hydrogens is 406 g/mol. The number of ether oxygens (including phenoxy) is 2. The third-order valence-electron chi connectivity index (χ3n) is 3.64. The SMILES string of the molecule is BC1(B)Cc2c(Cl)c(Br)cc(-c3ccc(OC(F)(F)F)cc3)c2O1. The third kappa shape index (κ3) is 3.54. The Morgan fingerprint density at radius 2 is 1.83 bits per heavy atom. The molecule has 0 aromatic heterocycles. The van der Waals surface area contributed by atoms with Crippen LogP contribution < -0.4 is 9.47 Å². The lowest BCUT2D eigenvalue weighted by Gasteiger charge is -2.19. The number of fused-ring (bicyclic) bond motifs is 1. The van der Waals surface area contributed by atoms with Gasteiger partial charge in [-0.2, -0.15) is 0 Å². The summed E-state index contributed by atoms with van der Waals surface area (Å²) in [4.78, 5) is 0. The summed E-state index contributed by atoms with van der Waals surface area (Å²) in [5.41, 5.74) is 2.38. The molecule has 1 heterocycles. The Hall–Kier alpha value is -1.27. The van der Waals surface area contributed by atoms with Gasteiger partial charge in [-0.15, -0.1) is 13.2 Å². The van der Waals surface area contributed by atoms with Gasteiger partial charge in [0.05, 0.1) is 5.02 Å². The quantitative estimate of drug-likeness (QED) is 0.697. The highest BCUT2D eigenvalue weighted by Gasteiger charge is 2.35. The molecule has 0 spiro atoms. The van der Waals surface area contributed by atoms with Crippen molar-refractivity contribution in [2.45, 2.75) is 18.2 Å². The molecule has 0 fully saturated rings. The monoisotopic (exact) mass is 416 g/mol. The molecule has 24 heavy (non-hydrogen) atoms. The van der Waals surface area contributed by atoms with Crippen LogP contribution in [0.3, 0.4) is 0 Å². The van der Waals surface area contributed by atoms with Crippen molar-refractivity contribution in [3.8, 4) is 22.6 Å². The van der Waals surface area contributed by atoms with Crippen LogP contribution in [-0.4, -0.2) is 27.5 Å². The van der Waals surface area contributed by atoms with Gasteiger partial charge in [0.15, 0.2) is 0 Å². The lowest BCUT2D eigenvalue weighted by molar-refractivity contribution is -0.274. The first kappa shape index (κ1) is 17.5. The van der Waals surface area contributed by atoms with Crippen molar-refractivity contribution in [3.05, 3.63) is 45.4 Å². The van der Waals surface area contributed by atoms with Crippen LogP contribution in [0.15, 0.2) is 34.8 Å². The fourth-order valence-corrected chi connectivity index (χ4v) is 3.40. The van der Waals surface area contributed by atoms with E-state index < -0.39 is 6.36 Å². The van der Waals surface area contributed by atoms with Gasteiger partial charge in [0.1, 0.15) is 27.2 Å². The molecule has 0 amide bonds. The molecule has 0 N–H and O–H groups in total. The van der Waals surface area contributed by atoms with Crippen molar-refractivity contribution in [1.29, 1.82) is 0 Å². The zero-order chi connectivity index (χ0) is 17.7. The standard InChI is InChI=1S/C15H11B2BrClF3O2/c16-14(17)6-10-12(19)11(18)5-9(13(10)24-14)7-1-3-8(4-2-7)23-15(20,21)22/h1-5H,6,16-17H2. The Morgan fingerprint density at radius 1 is 1.21 bits per heavy atom. The topological polar surface area (TPSA) is 18.5 Å². The molecule has 0 saturated carbocycles. The minimum atomic E-state index is -4.71. The maximum Gasteiger partial charge on any atom is 0.573 e. The Balaban J connectivity index is 2.02. The number of hydrogen-bond acceptors (Lipinski definition) is 2. The Kier molecular flexibility index (Phi) is 4.33. The van der Waals surface area contributed by atoms with Gasteiger partial charge in [-0.25, -0.2) is 0 Å². The molecule has 0 aliphatic carbocycles. The van der Waals surface area contributed by atoms with E-state index in [0.29, 0.717) is 17.2 Å². The average molecular weight is 417 g/mol. The molecule has 0 atom stereocenters. The van der Waals surface area contributed by atoms with Gasteiger partial charge in [-0.05, 0) is 39.7 Å². The van der Waals surface area contributed by atoms with Crippen molar-refractivity contribution >= 4 is 43.2 Å². The summed E-state index contributed by atoms with van der Waals surface area (Å²) in [6.45, 7) is 0. The summed E-state index contributed by atoms with van der Waals surface area (Å²) in [7, 11) is 3.92. The molecule has 0 saturated heterocycles. The molecule has 9 heteroatoms. The predicted molar refractivity (Wildman–Crippen MR) is 95.4 cm³/mol. The van der Waals surface area contributed by atoms with Crippen LogP contribution in [-0.2, 0) is 6.42 Å². The second-order valence-corrected chi connectivity index (χ2v) is 7.37. The summed E-state index contributed by atoms with van der Waals surface area (Å²) in [6.07, 6.45) is -4.05. The van der Waals surface area contributed by atoms with E-state index >= 15 is 0 Å². The molecule has 0 bridgehead atoms. The smallest absolute Gasteiger partial charge is 0.504 e. The van der Waals surface area contributed by atoms with Crippen LogP contribution in [0.2, 0.25) is 5.02 Å². The minimum absolute atomic E-state index is 0.267. The summed E-state index contributed by atoms with van der Waals surface area (Å²) in [5, 5.41) is 0.206. The highest BCUT2D eigenvalue weighted by Crippen LogP contribution is 2.47. The fourth-order valence-electron chi connectivity index (χ4n) is 2.73. The van der Waals surface area contributed by atoms with Crippen LogP contribution in [0.25, 0.3) is 11.1 Å². The van der Waals surface area contributed by atoms with Crippen LogP contribution in [0.5, 0.6) is 11.5 Å². The maximum atomic E-state index is 12.3. The zero-order valence-electron chi connectivity index (χ0n) is 12.8. The summed E-state index contributed by atoms with van der Waals surface area (Å²) >= 11 is 9.78. The van der Waals surface area contributed by atoms with Crippen LogP contribution in [0.4, 0.5) is 13.2 Å².